The molecule has 42 heavy (non-hydrogen) atoms. The van der Waals surface area contributed by atoms with E-state index in [-0.39, 0.29) is 17.0 Å². The number of nitrogens with one attached hydrogen (secondary N) is 2. The number of aromatic nitrogens is 2. The zero-order valence-electron chi connectivity index (χ0n) is 22.4. The van der Waals surface area contributed by atoms with E-state index in [4.69, 9.17) is 16.6 Å². The van der Waals surface area contributed by atoms with Gasteiger partial charge in [-0.15, -0.1) is 11.3 Å². The normalized spacial score (nSPS) is 14.0. The monoisotopic (exact) mass is 615 g/mol. The zero-order chi connectivity index (χ0) is 29.2. The lowest BCUT2D eigenvalue weighted by Gasteiger charge is -2.25. The average Bonchev–Trinajstić information content (AvgIpc) is 3.62. The van der Waals surface area contributed by atoms with Crippen molar-refractivity contribution >= 4 is 82.9 Å². The van der Waals surface area contributed by atoms with Gasteiger partial charge in [-0.3, -0.25) is 5.32 Å². The molecule has 1 aliphatic rings. The van der Waals surface area contributed by atoms with Crippen LogP contribution in [0.2, 0.25) is 5.02 Å². The fourth-order valence-electron chi connectivity index (χ4n) is 5.51. The number of carbonyl (C=O) groups is 1. The predicted molar refractivity (Wildman–Crippen MR) is 170 cm³/mol. The number of nitrogens with zero attached hydrogens (tertiary/aromatic N) is 3. The summed E-state index contributed by atoms with van der Waals surface area (Å²) in [6.07, 6.45) is 0. The predicted octanol–water partition coefficient (Wildman–Crippen LogP) is 9.14. The molecule has 7 nitrogen and oxygen atoms in total. The maximum Gasteiger partial charge on any atom is 0.325 e. The van der Waals surface area contributed by atoms with Crippen LogP contribution < -0.4 is 15.5 Å². The summed E-state index contributed by atoms with van der Waals surface area (Å²) < 4.78 is 15.6. The van der Waals surface area contributed by atoms with E-state index >= 15 is 0 Å². The first-order valence-corrected chi connectivity index (χ1v) is 15.1. The molecule has 2 amide bonds. The SMILES string of the molecule is CC1(C)CN(c2ccccc2NC(=O)Nc2nc3ccc(Cl)cc3s2)c2c(O)ccc(-c3nc4cc(F)ccc4s3)c21. The number of anilines is 4. The number of phenolic OH excluding ortho intramolecular Hbond substituents is 1. The molecule has 3 heterocycles. The number of aromatic hydroxyl groups is 1. The van der Waals surface area contributed by atoms with Crippen LogP contribution >= 0.6 is 34.3 Å². The Morgan fingerprint density at radius 1 is 0.976 bits per heavy atom. The van der Waals surface area contributed by atoms with Gasteiger partial charge in [0, 0.05) is 28.6 Å². The highest BCUT2D eigenvalue weighted by Crippen LogP contribution is 2.54. The van der Waals surface area contributed by atoms with Crippen molar-refractivity contribution in [2.75, 3.05) is 22.1 Å². The van der Waals surface area contributed by atoms with Gasteiger partial charge in [-0.25, -0.2) is 19.2 Å². The summed E-state index contributed by atoms with van der Waals surface area (Å²) in [5.74, 6) is -0.207. The number of para-hydroxylation sites is 2. The van der Waals surface area contributed by atoms with Crippen molar-refractivity contribution in [1.82, 2.24) is 9.97 Å². The van der Waals surface area contributed by atoms with Gasteiger partial charge in [0.1, 0.15) is 16.6 Å². The molecular weight excluding hydrogens is 593 g/mol. The second-order valence-electron chi connectivity index (χ2n) is 10.7. The molecular formula is C31H23ClFN5O2S2. The van der Waals surface area contributed by atoms with Gasteiger partial charge >= 0.3 is 6.03 Å². The summed E-state index contributed by atoms with van der Waals surface area (Å²) in [6.45, 7) is 4.78. The Hall–Kier alpha value is -4.25. The Morgan fingerprint density at radius 2 is 1.81 bits per heavy atom. The number of urea groups is 1. The van der Waals surface area contributed by atoms with Crippen LogP contribution in [0.5, 0.6) is 5.75 Å². The molecule has 0 fully saturated rings. The molecule has 0 unspecified atom stereocenters. The lowest BCUT2D eigenvalue weighted by molar-refractivity contribution is 0.262. The molecule has 210 valence electrons. The van der Waals surface area contributed by atoms with Crippen molar-refractivity contribution < 1.29 is 14.3 Å². The molecule has 0 aliphatic carbocycles. The highest BCUT2D eigenvalue weighted by atomic mass is 35.5. The van der Waals surface area contributed by atoms with E-state index in [0.717, 1.165) is 36.7 Å². The minimum atomic E-state index is -0.439. The summed E-state index contributed by atoms with van der Waals surface area (Å²) in [5.41, 5.74) is 4.75. The lowest BCUT2D eigenvalue weighted by atomic mass is 9.83. The molecule has 0 bridgehead atoms. The number of rotatable bonds is 4. The minimum Gasteiger partial charge on any atom is -0.506 e. The van der Waals surface area contributed by atoms with E-state index in [1.165, 1.54) is 34.8 Å². The van der Waals surface area contributed by atoms with Gasteiger partial charge in [-0.05, 0) is 60.2 Å². The maximum absolute atomic E-state index is 13.9. The number of halogens is 2. The second kappa shape index (κ2) is 9.94. The zero-order valence-corrected chi connectivity index (χ0v) is 24.8. The largest absolute Gasteiger partial charge is 0.506 e. The minimum absolute atomic E-state index is 0.124. The van der Waals surface area contributed by atoms with Gasteiger partial charge in [0.25, 0.3) is 0 Å². The molecule has 11 heteroatoms. The number of benzene rings is 4. The molecule has 0 saturated heterocycles. The third-order valence-corrected chi connectivity index (χ3v) is 9.49. The van der Waals surface area contributed by atoms with Gasteiger partial charge in [-0.2, -0.15) is 0 Å². The van der Waals surface area contributed by atoms with Crippen molar-refractivity contribution in [3.8, 4) is 16.3 Å². The molecule has 6 aromatic rings. The second-order valence-corrected chi connectivity index (χ2v) is 13.2. The Bertz CT molecular complexity index is 2040. The van der Waals surface area contributed by atoms with Crippen LogP contribution in [-0.2, 0) is 5.41 Å². The van der Waals surface area contributed by atoms with Gasteiger partial charge in [-0.1, -0.05) is 48.9 Å². The third kappa shape index (κ3) is 4.61. The van der Waals surface area contributed by atoms with Crippen LogP contribution in [0.4, 0.5) is 31.4 Å². The Labute approximate surface area is 253 Å². The average molecular weight is 616 g/mol. The number of fused-ring (bicyclic) bond motifs is 3. The first-order chi connectivity index (χ1) is 20.2. The van der Waals surface area contributed by atoms with Crippen molar-refractivity contribution in [1.29, 1.82) is 0 Å². The summed E-state index contributed by atoms with van der Waals surface area (Å²) in [6, 6.07) is 20.6. The first kappa shape index (κ1) is 26.6. The van der Waals surface area contributed by atoms with Crippen LogP contribution in [0.3, 0.4) is 0 Å². The summed E-state index contributed by atoms with van der Waals surface area (Å²) in [5, 5.41) is 18.8. The summed E-state index contributed by atoms with van der Waals surface area (Å²) in [4.78, 5) is 24.3. The number of phenols is 1. The van der Waals surface area contributed by atoms with E-state index in [1.54, 1.807) is 18.2 Å². The van der Waals surface area contributed by atoms with Crippen LogP contribution in [0.15, 0.2) is 72.8 Å². The smallest absolute Gasteiger partial charge is 0.325 e. The van der Waals surface area contributed by atoms with Crippen LogP contribution in [0.25, 0.3) is 31.0 Å². The fourth-order valence-corrected chi connectivity index (χ4v) is 7.62. The van der Waals surface area contributed by atoms with Crippen LogP contribution in [0, 0.1) is 5.82 Å². The number of hydrogen-bond acceptors (Lipinski definition) is 7. The van der Waals surface area contributed by atoms with Crippen molar-refractivity contribution in [3.63, 3.8) is 0 Å². The quantitative estimate of drug-likeness (QED) is 0.184. The van der Waals surface area contributed by atoms with Crippen molar-refractivity contribution in [2.24, 2.45) is 0 Å². The van der Waals surface area contributed by atoms with Gasteiger partial charge < -0.3 is 15.3 Å². The summed E-state index contributed by atoms with van der Waals surface area (Å²) >= 11 is 8.92. The topological polar surface area (TPSA) is 90.4 Å². The molecule has 0 atom stereocenters. The number of carbonyl (C=O) groups excluding carboxylic acids is 1. The Balaban J connectivity index is 1.24. The van der Waals surface area contributed by atoms with Crippen molar-refractivity contribution in [3.05, 3.63) is 89.2 Å². The van der Waals surface area contributed by atoms with E-state index in [0.29, 0.717) is 33.6 Å². The first-order valence-electron chi connectivity index (χ1n) is 13.1. The molecule has 7 rings (SSSR count). The van der Waals surface area contributed by atoms with E-state index in [9.17, 15) is 14.3 Å². The molecule has 3 N–H and O–H groups in total. The molecule has 0 spiro atoms. The summed E-state index contributed by atoms with van der Waals surface area (Å²) in [7, 11) is 0. The number of amides is 2. The maximum atomic E-state index is 13.9. The molecule has 4 aromatic carbocycles. The van der Waals surface area contributed by atoms with Crippen LogP contribution in [0.1, 0.15) is 19.4 Å². The lowest BCUT2D eigenvalue weighted by Crippen LogP contribution is -2.27. The number of thiazole rings is 2. The van der Waals surface area contributed by atoms with Crippen molar-refractivity contribution in [2.45, 2.75) is 19.3 Å². The molecule has 1 aliphatic heterocycles. The Kier molecular flexibility index (Phi) is 6.30. The van der Waals surface area contributed by atoms with Gasteiger partial charge in [0.05, 0.1) is 37.5 Å². The third-order valence-electron chi connectivity index (χ3n) is 7.25. The van der Waals surface area contributed by atoms with Gasteiger partial charge in [0.15, 0.2) is 5.13 Å². The fraction of sp³-hybridized carbons (Fsp3) is 0.129. The van der Waals surface area contributed by atoms with Crippen LogP contribution in [-0.4, -0.2) is 27.7 Å². The number of hydrogen-bond donors (Lipinski definition) is 3. The standard InChI is InChI=1S/C31H23ClFN5O2S2/c1-31(2)15-38(27-23(39)11-9-18(26(27)31)28-34-21-14-17(33)8-12-24(21)41-28)22-6-4-3-5-19(22)35-29(40)37-30-36-20-10-7-16(32)13-25(20)42-30/h3-14,39H,15H2,1-2H3,(H2,35,36,37,40). The highest BCUT2D eigenvalue weighted by Gasteiger charge is 2.41. The van der Waals surface area contributed by atoms with E-state index < -0.39 is 6.03 Å². The van der Waals surface area contributed by atoms with Gasteiger partial charge in [0.2, 0.25) is 0 Å². The molecule has 2 aromatic heterocycles. The van der Waals surface area contributed by atoms with E-state index in [2.05, 4.69) is 29.5 Å². The molecule has 0 saturated carbocycles. The molecule has 0 radical (unpaired) electrons. The Morgan fingerprint density at radius 3 is 2.67 bits per heavy atom. The highest BCUT2D eigenvalue weighted by molar-refractivity contribution is 7.22. The van der Waals surface area contributed by atoms with E-state index in [1.807, 2.05) is 47.4 Å².